The van der Waals surface area contributed by atoms with Gasteiger partial charge in [0.05, 0.1) is 0 Å². The maximum Gasteiger partial charge on any atom is 0.0450 e. The van der Waals surface area contributed by atoms with Crippen LogP contribution >= 0.6 is 0 Å². The molecule has 0 aliphatic rings. The van der Waals surface area contributed by atoms with Crippen LogP contribution in [0.1, 0.15) is 29.4 Å². The van der Waals surface area contributed by atoms with E-state index >= 15 is 0 Å². The highest BCUT2D eigenvalue weighted by molar-refractivity contribution is 5.79. The van der Waals surface area contributed by atoms with E-state index in [0.717, 1.165) is 17.0 Å². The SMILES string of the molecule is C/C=C(/C=C/c1ccc(C)nc1)c1cccnc1C. The van der Waals surface area contributed by atoms with Crippen molar-refractivity contribution < 1.29 is 0 Å². The second kappa shape index (κ2) is 6.10. The van der Waals surface area contributed by atoms with E-state index in [0.29, 0.717) is 0 Å². The number of nitrogens with zero attached hydrogens (tertiary/aromatic N) is 2. The Morgan fingerprint density at radius 1 is 1.11 bits per heavy atom. The average molecular weight is 250 g/mol. The van der Waals surface area contributed by atoms with Gasteiger partial charge in [-0.05, 0) is 44.0 Å². The predicted molar refractivity (Wildman–Crippen MR) is 80.6 cm³/mol. The van der Waals surface area contributed by atoms with Crippen LogP contribution < -0.4 is 0 Å². The Kier molecular flexibility index (Phi) is 4.24. The summed E-state index contributed by atoms with van der Waals surface area (Å²) in [5.74, 6) is 0. The molecule has 0 spiro atoms. The van der Waals surface area contributed by atoms with Crippen LogP contribution in [-0.4, -0.2) is 9.97 Å². The molecule has 96 valence electrons. The van der Waals surface area contributed by atoms with Crippen molar-refractivity contribution >= 4 is 11.6 Å². The Morgan fingerprint density at radius 2 is 1.95 bits per heavy atom. The van der Waals surface area contributed by atoms with E-state index in [9.17, 15) is 0 Å². The summed E-state index contributed by atoms with van der Waals surface area (Å²) in [6.07, 6.45) is 9.99. The van der Waals surface area contributed by atoms with Crippen LogP contribution in [0.5, 0.6) is 0 Å². The molecule has 0 aromatic carbocycles. The van der Waals surface area contributed by atoms with Crippen LogP contribution in [0.2, 0.25) is 0 Å². The number of hydrogen-bond acceptors (Lipinski definition) is 2. The van der Waals surface area contributed by atoms with Crippen LogP contribution in [0, 0.1) is 13.8 Å². The van der Waals surface area contributed by atoms with Gasteiger partial charge in [0.25, 0.3) is 0 Å². The van der Waals surface area contributed by atoms with Gasteiger partial charge in [0.1, 0.15) is 0 Å². The van der Waals surface area contributed by atoms with Gasteiger partial charge in [-0.2, -0.15) is 0 Å². The third-order valence-corrected chi connectivity index (χ3v) is 3.02. The summed E-state index contributed by atoms with van der Waals surface area (Å²) >= 11 is 0. The van der Waals surface area contributed by atoms with E-state index in [1.54, 1.807) is 0 Å². The smallest absolute Gasteiger partial charge is 0.0450 e. The number of pyridine rings is 2. The van der Waals surface area contributed by atoms with E-state index in [1.807, 2.05) is 45.3 Å². The van der Waals surface area contributed by atoms with Crippen molar-refractivity contribution in [2.75, 3.05) is 0 Å². The molecule has 2 rings (SSSR count). The molecular formula is C17H18N2. The first-order chi connectivity index (χ1) is 9.20. The second-order valence-electron chi connectivity index (χ2n) is 4.45. The lowest BCUT2D eigenvalue weighted by molar-refractivity contribution is 1.18. The first-order valence-electron chi connectivity index (χ1n) is 6.40. The molecule has 0 atom stereocenters. The Labute approximate surface area is 114 Å². The molecule has 0 radical (unpaired) electrons. The molecular weight excluding hydrogens is 232 g/mol. The highest BCUT2D eigenvalue weighted by atomic mass is 14.7. The highest BCUT2D eigenvalue weighted by Crippen LogP contribution is 2.19. The summed E-state index contributed by atoms with van der Waals surface area (Å²) in [4.78, 5) is 8.62. The maximum absolute atomic E-state index is 4.33. The van der Waals surface area contributed by atoms with Crippen LogP contribution in [-0.2, 0) is 0 Å². The number of rotatable bonds is 3. The lowest BCUT2D eigenvalue weighted by Gasteiger charge is -2.05. The number of aryl methyl sites for hydroxylation is 2. The summed E-state index contributed by atoms with van der Waals surface area (Å²) in [7, 11) is 0. The fraction of sp³-hybridized carbons (Fsp3) is 0.176. The second-order valence-corrected chi connectivity index (χ2v) is 4.45. The van der Waals surface area contributed by atoms with Gasteiger partial charge in [-0.15, -0.1) is 0 Å². The van der Waals surface area contributed by atoms with Crippen molar-refractivity contribution in [1.82, 2.24) is 9.97 Å². The molecule has 2 aromatic heterocycles. The van der Waals surface area contributed by atoms with Crippen molar-refractivity contribution in [3.8, 4) is 0 Å². The fourth-order valence-electron chi connectivity index (χ4n) is 1.89. The molecule has 0 saturated carbocycles. The number of allylic oxidation sites excluding steroid dienone is 3. The quantitative estimate of drug-likeness (QED) is 0.762. The van der Waals surface area contributed by atoms with E-state index in [-0.39, 0.29) is 0 Å². The molecule has 2 nitrogen and oxygen atoms in total. The van der Waals surface area contributed by atoms with Crippen molar-refractivity contribution in [2.45, 2.75) is 20.8 Å². The Balaban J connectivity index is 2.25. The van der Waals surface area contributed by atoms with Crippen molar-refractivity contribution in [3.63, 3.8) is 0 Å². The number of aromatic nitrogens is 2. The van der Waals surface area contributed by atoms with Crippen LogP contribution in [0.3, 0.4) is 0 Å². The monoisotopic (exact) mass is 250 g/mol. The molecule has 0 N–H and O–H groups in total. The molecule has 19 heavy (non-hydrogen) atoms. The van der Waals surface area contributed by atoms with Gasteiger partial charge in [-0.1, -0.05) is 30.4 Å². The topological polar surface area (TPSA) is 25.8 Å². The summed E-state index contributed by atoms with van der Waals surface area (Å²) < 4.78 is 0. The molecule has 0 fully saturated rings. The zero-order valence-electron chi connectivity index (χ0n) is 11.6. The van der Waals surface area contributed by atoms with Gasteiger partial charge >= 0.3 is 0 Å². The van der Waals surface area contributed by atoms with Crippen molar-refractivity contribution in [1.29, 1.82) is 0 Å². The number of hydrogen-bond donors (Lipinski definition) is 0. The Bertz CT molecular complexity index is 607. The Hall–Kier alpha value is -2.22. The molecule has 0 unspecified atom stereocenters. The van der Waals surface area contributed by atoms with Gasteiger partial charge in [-0.25, -0.2) is 0 Å². The average Bonchev–Trinajstić information content (AvgIpc) is 2.43. The van der Waals surface area contributed by atoms with Gasteiger partial charge < -0.3 is 0 Å². The summed E-state index contributed by atoms with van der Waals surface area (Å²) in [6, 6.07) is 8.15. The zero-order valence-corrected chi connectivity index (χ0v) is 11.6. The minimum Gasteiger partial charge on any atom is -0.261 e. The molecule has 2 aromatic rings. The van der Waals surface area contributed by atoms with Gasteiger partial charge in [0.15, 0.2) is 0 Å². The minimum absolute atomic E-state index is 1.03. The lowest BCUT2D eigenvalue weighted by atomic mass is 10.0. The fourth-order valence-corrected chi connectivity index (χ4v) is 1.89. The van der Waals surface area contributed by atoms with Gasteiger partial charge in [0.2, 0.25) is 0 Å². The summed E-state index contributed by atoms with van der Waals surface area (Å²) in [6.45, 7) is 6.06. The molecule has 0 amide bonds. The maximum atomic E-state index is 4.33. The van der Waals surface area contributed by atoms with E-state index in [4.69, 9.17) is 0 Å². The predicted octanol–water partition coefficient (Wildman–Crippen LogP) is 4.21. The van der Waals surface area contributed by atoms with Crippen molar-refractivity contribution in [2.24, 2.45) is 0 Å². The molecule has 0 bridgehead atoms. The van der Waals surface area contributed by atoms with Gasteiger partial charge in [0, 0.05) is 29.3 Å². The van der Waals surface area contributed by atoms with E-state index < -0.39 is 0 Å². The van der Waals surface area contributed by atoms with E-state index in [2.05, 4.69) is 40.3 Å². The largest absolute Gasteiger partial charge is 0.261 e. The molecule has 2 heteroatoms. The minimum atomic E-state index is 1.03. The lowest BCUT2D eigenvalue weighted by Crippen LogP contribution is -1.89. The van der Waals surface area contributed by atoms with Crippen LogP contribution in [0.25, 0.3) is 11.6 Å². The first kappa shape index (κ1) is 13.2. The molecule has 0 saturated heterocycles. The van der Waals surface area contributed by atoms with Crippen LogP contribution in [0.4, 0.5) is 0 Å². The standard InChI is InChI=1S/C17H18N2/c1-4-16(17-6-5-11-18-14(17)3)10-9-15-8-7-13(2)19-12-15/h4-12H,1-3H3/b10-9+,16-4-. The van der Waals surface area contributed by atoms with Crippen molar-refractivity contribution in [3.05, 3.63) is 71.3 Å². The van der Waals surface area contributed by atoms with Gasteiger partial charge in [-0.3, -0.25) is 9.97 Å². The zero-order chi connectivity index (χ0) is 13.7. The first-order valence-corrected chi connectivity index (χ1v) is 6.40. The normalized spacial score (nSPS) is 12.1. The summed E-state index contributed by atoms with van der Waals surface area (Å²) in [5.41, 5.74) is 5.52. The Morgan fingerprint density at radius 3 is 2.58 bits per heavy atom. The molecule has 2 heterocycles. The van der Waals surface area contributed by atoms with Crippen LogP contribution in [0.15, 0.2) is 48.8 Å². The highest BCUT2D eigenvalue weighted by Gasteiger charge is 2.01. The molecule has 0 aliphatic carbocycles. The summed E-state index contributed by atoms with van der Waals surface area (Å²) in [5, 5.41) is 0. The van der Waals surface area contributed by atoms with E-state index in [1.165, 1.54) is 11.1 Å². The third kappa shape index (κ3) is 3.38. The molecule has 0 aliphatic heterocycles. The third-order valence-electron chi connectivity index (χ3n) is 3.02.